The fourth-order valence-corrected chi connectivity index (χ4v) is 4.23. The third-order valence-electron chi connectivity index (χ3n) is 5.99. The predicted octanol–water partition coefficient (Wildman–Crippen LogP) is 6.84. The molecule has 1 N–H and O–H groups in total. The molecule has 1 unspecified atom stereocenters. The van der Waals surface area contributed by atoms with Gasteiger partial charge < -0.3 is 19.3 Å². The third-order valence-corrected chi connectivity index (χ3v) is 5.99. The van der Waals surface area contributed by atoms with Gasteiger partial charge in [-0.25, -0.2) is 0 Å². The van der Waals surface area contributed by atoms with Crippen LogP contribution in [0, 0.1) is 0 Å². The average Bonchev–Trinajstić information content (AvgIpc) is 3.37. The number of nitrogens with zero attached hydrogens (tertiary/aromatic N) is 2. The number of furan rings is 1. The summed E-state index contributed by atoms with van der Waals surface area (Å²) in [6.45, 7) is 4.14. The number of aliphatic hydroxyl groups excluding tert-OH is 1. The van der Waals surface area contributed by atoms with Crippen molar-refractivity contribution in [2.24, 2.45) is 0 Å². The molecule has 0 radical (unpaired) electrons. The number of rotatable bonds is 17. The van der Waals surface area contributed by atoms with Gasteiger partial charge in [-0.2, -0.15) is 0 Å². The van der Waals surface area contributed by atoms with Gasteiger partial charge in [-0.3, -0.25) is 0 Å². The largest absolute Gasteiger partial charge is 0.466 e. The quantitative estimate of drug-likeness (QED) is 0.288. The first-order valence-corrected chi connectivity index (χ1v) is 12.1. The fourth-order valence-electron chi connectivity index (χ4n) is 4.23. The van der Waals surface area contributed by atoms with Gasteiger partial charge in [0, 0.05) is 19.8 Å². The second kappa shape index (κ2) is 14.5. The monoisotopic (exact) mass is 404 g/mol. The Bertz CT molecular complexity index is 541. The Kier molecular flexibility index (Phi) is 12.0. The molecule has 166 valence electrons. The lowest BCUT2D eigenvalue weighted by Crippen LogP contribution is -2.28. The molecule has 0 bridgehead atoms. The molecule has 0 fully saturated rings. The summed E-state index contributed by atoms with van der Waals surface area (Å²) in [7, 11) is 2.06. The SMILES string of the molecule is CCCCCCCCCCCCCCCCN1CN(C)C=C1C(O)c1ccco1. The maximum absolute atomic E-state index is 10.6. The molecule has 4 nitrogen and oxygen atoms in total. The second-order valence-electron chi connectivity index (χ2n) is 8.73. The van der Waals surface area contributed by atoms with Crippen LogP contribution in [0.1, 0.15) is 109 Å². The van der Waals surface area contributed by atoms with Crippen molar-refractivity contribution in [2.75, 3.05) is 20.3 Å². The van der Waals surface area contributed by atoms with Gasteiger partial charge in [-0.05, 0) is 18.6 Å². The molecule has 1 aliphatic rings. The van der Waals surface area contributed by atoms with Crippen molar-refractivity contribution >= 4 is 0 Å². The molecule has 4 heteroatoms. The van der Waals surface area contributed by atoms with E-state index in [9.17, 15) is 5.11 Å². The lowest BCUT2D eigenvalue weighted by molar-refractivity contribution is 0.142. The van der Waals surface area contributed by atoms with Gasteiger partial charge in [0.15, 0.2) is 6.10 Å². The van der Waals surface area contributed by atoms with E-state index in [0.717, 1.165) is 18.9 Å². The van der Waals surface area contributed by atoms with E-state index in [1.165, 1.54) is 89.9 Å². The first-order chi connectivity index (χ1) is 14.2. The number of hydrogen-bond donors (Lipinski definition) is 1. The van der Waals surface area contributed by atoms with Crippen LogP contribution in [0.2, 0.25) is 0 Å². The van der Waals surface area contributed by atoms with Crippen molar-refractivity contribution in [2.45, 2.75) is 103 Å². The van der Waals surface area contributed by atoms with Crippen LogP contribution in [0.25, 0.3) is 0 Å². The van der Waals surface area contributed by atoms with E-state index < -0.39 is 6.10 Å². The van der Waals surface area contributed by atoms with Crippen molar-refractivity contribution in [1.82, 2.24) is 9.80 Å². The van der Waals surface area contributed by atoms with E-state index in [1.807, 2.05) is 18.3 Å². The van der Waals surface area contributed by atoms with Crippen molar-refractivity contribution < 1.29 is 9.52 Å². The summed E-state index contributed by atoms with van der Waals surface area (Å²) < 4.78 is 5.38. The third kappa shape index (κ3) is 9.29. The maximum Gasteiger partial charge on any atom is 0.153 e. The van der Waals surface area contributed by atoms with E-state index in [2.05, 4.69) is 23.8 Å². The van der Waals surface area contributed by atoms with Gasteiger partial charge in [-0.15, -0.1) is 0 Å². The van der Waals surface area contributed by atoms with E-state index in [4.69, 9.17) is 4.42 Å². The first-order valence-electron chi connectivity index (χ1n) is 12.1. The van der Waals surface area contributed by atoms with Crippen LogP contribution in [-0.2, 0) is 0 Å². The first kappa shape index (κ1) is 23.9. The maximum atomic E-state index is 10.6. The zero-order valence-corrected chi connectivity index (χ0v) is 19.0. The lowest BCUT2D eigenvalue weighted by atomic mass is 10.0. The van der Waals surface area contributed by atoms with E-state index in [1.54, 1.807) is 6.26 Å². The number of unbranched alkanes of at least 4 members (excludes halogenated alkanes) is 13. The minimum absolute atomic E-state index is 0.623. The number of aliphatic hydroxyl groups is 1. The molecular formula is C25H44N2O2. The predicted molar refractivity (Wildman–Crippen MR) is 121 cm³/mol. The van der Waals surface area contributed by atoms with E-state index in [-0.39, 0.29) is 0 Å². The van der Waals surface area contributed by atoms with Crippen molar-refractivity contribution in [3.8, 4) is 0 Å². The Morgan fingerprint density at radius 3 is 1.97 bits per heavy atom. The highest BCUT2D eigenvalue weighted by atomic mass is 16.4. The van der Waals surface area contributed by atoms with Crippen LogP contribution in [0.15, 0.2) is 34.7 Å². The Hall–Kier alpha value is -1.42. The van der Waals surface area contributed by atoms with Gasteiger partial charge in [0.2, 0.25) is 0 Å². The van der Waals surface area contributed by atoms with Crippen LogP contribution in [0.3, 0.4) is 0 Å². The van der Waals surface area contributed by atoms with Crippen LogP contribution < -0.4 is 0 Å². The molecule has 29 heavy (non-hydrogen) atoms. The Labute approximate surface area is 179 Å². The van der Waals surface area contributed by atoms with Gasteiger partial charge in [-0.1, -0.05) is 90.4 Å². The van der Waals surface area contributed by atoms with Gasteiger partial charge >= 0.3 is 0 Å². The summed E-state index contributed by atoms with van der Waals surface area (Å²) in [5, 5.41) is 10.6. The Balaban J connectivity index is 1.46. The van der Waals surface area contributed by atoms with Crippen molar-refractivity contribution in [3.63, 3.8) is 0 Å². The molecule has 0 saturated heterocycles. The zero-order chi connectivity index (χ0) is 20.7. The summed E-state index contributed by atoms with van der Waals surface area (Å²) >= 11 is 0. The fraction of sp³-hybridized carbons (Fsp3) is 0.760. The molecule has 0 spiro atoms. The highest BCUT2D eigenvalue weighted by Crippen LogP contribution is 2.29. The molecule has 1 aliphatic heterocycles. The van der Waals surface area contributed by atoms with Gasteiger partial charge in [0.25, 0.3) is 0 Å². The van der Waals surface area contributed by atoms with Crippen molar-refractivity contribution in [3.05, 3.63) is 36.1 Å². The van der Waals surface area contributed by atoms with Gasteiger partial charge in [0.05, 0.1) is 18.6 Å². The smallest absolute Gasteiger partial charge is 0.153 e. The molecular weight excluding hydrogens is 360 g/mol. The molecule has 0 aliphatic carbocycles. The minimum atomic E-state index is -0.665. The van der Waals surface area contributed by atoms with E-state index in [0.29, 0.717) is 5.76 Å². The zero-order valence-electron chi connectivity index (χ0n) is 19.0. The van der Waals surface area contributed by atoms with Crippen molar-refractivity contribution in [1.29, 1.82) is 0 Å². The van der Waals surface area contributed by atoms with Crippen LogP contribution in [-0.4, -0.2) is 35.2 Å². The highest BCUT2D eigenvalue weighted by molar-refractivity contribution is 5.19. The second-order valence-corrected chi connectivity index (χ2v) is 8.73. The molecule has 1 aromatic heterocycles. The normalized spacial score (nSPS) is 15.2. The summed E-state index contributed by atoms with van der Waals surface area (Å²) in [6, 6.07) is 3.67. The van der Waals surface area contributed by atoms with E-state index >= 15 is 0 Å². The lowest BCUT2D eigenvalue weighted by Gasteiger charge is -2.24. The van der Waals surface area contributed by atoms with Gasteiger partial charge in [0.1, 0.15) is 5.76 Å². The van der Waals surface area contributed by atoms with Crippen LogP contribution >= 0.6 is 0 Å². The molecule has 0 saturated carbocycles. The molecule has 2 heterocycles. The average molecular weight is 405 g/mol. The molecule has 1 aromatic rings. The highest BCUT2D eigenvalue weighted by Gasteiger charge is 2.26. The van der Waals surface area contributed by atoms with Crippen LogP contribution in [0.4, 0.5) is 0 Å². The topological polar surface area (TPSA) is 39.9 Å². The minimum Gasteiger partial charge on any atom is -0.466 e. The summed E-state index contributed by atoms with van der Waals surface area (Å²) in [5.41, 5.74) is 0.956. The Morgan fingerprint density at radius 1 is 0.897 bits per heavy atom. The summed E-state index contributed by atoms with van der Waals surface area (Å²) in [4.78, 5) is 4.42. The molecule has 0 aromatic carbocycles. The summed E-state index contributed by atoms with van der Waals surface area (Å²) in [6.07, 6.45) is 22.3. The Morgan fingerprint density at radius 2 is 1.45 bits per heavy atom. The number of hydrogen-bond acceptors (Lipinski definition) is 4. The molecule has 2 rings (SSSR count). The summed E-state index contributed by atoms with van der Waals surface area (Å²) in [5.74, 6) is 0.623. The molecule has 0 amide bonds. The standard InChI is InChI=1S/C25H44N2O2/c1-3-4-5-6-7-8-9-10-11-12-13-14-15-16-19-27-22-26(2)21-23(27)25(28)24-18-17-20-29-24/h17-18,20-21,25,28H,3-16,19,22H2,1-2H3. The van der Waals surface area contributed by atoms with Crippen LogP contribution in [0.5, 0.6) is 0 Å². The molecule has 1 atom stereocenters.